The van der Waals surface area contributed by atoms with Crippen molar-refractivity contribution in [3.63, 3.8) is 0 Å². The van der Waals surface area contributed by atoms with E-state index in [1.54, 1.807) is 24.3 Å². The van der Waals surface area contributed by atoms with Gasteiger partial charge in [-0.25, -0.2) is 4.39 Å². The van der Waals surface area contributed by atoms with Gasteiger partial charge < -0.3 is 15.4 Å². The number of carbonyl (C=O) groups excluding carboxylic acids is 1. The standard InChI is InChI=1S/C18H21FN4O2/c1-25-17(24)10-12-6-8-23(9-7-12)16-11-15(21-22-18(16)20)13-4-2-3-5-14(13)19/h2-5,11-12H,6-10H2,1H3,(H2,20,22). The molecule has 1 aromatic heterocycles. The Morgan fingerprint density at radius 2 is 2.04 bits per heavy atom. The number of nitrogen functional groups attached to an aromatic ring is 1. The van der Waals surface area contributed by atoms with E-state index in [0.717, 1.165) is 31.6 Å². The number of esters is 1. The Labute approximate surface area is 145 Å². The van der Waals surface area contributed by atoms with E-state index in [1.807, 2.05) is 0 Å². The van der Waals surface area contributed by atoms with Crippen molar-refractivity contribution in [1.82, 2.24) is 10.2 Å². The summed E-state index contributed by atoms with van der Waals surface area (Å²) in [6.07, 6.45) is 2.17. The van der Waals surface area contributed by atoms with Gasteiger partial charge in [-0.3, -0.25) is 4.79 Å². The van der Waals surface area contributed by atoms with Gasteiger partial charge in [-0.05, 0) is 37.0 Å². The Bertz CT molecular complexity index is 760. The van der Waals surface area contributed by atoms with Gasteiger partial charge in [0.05, 0.1) is 18.5 Å². The van der Waals surface area contributed by atoms with E-state index < -0.39 is 0 Å². The second-order valence-electron chi connectivity index (χ2n) is 6.19. The predicted molar refractivity (Wildman–Crippen MR) is 93.4 cm³/mol. The summed E-state index contributed by atoms with van der Waals surface area (Å²) in [5, 5.41) is 8.03. The molecular weight excluding hydrogens is 323 g/mol. The number of hydrogen-bond acceptors (Lipinski definition) is 6. The Kier molecular flexibility index (Phi) is 5.11. The van der Waals surface area contributed by atoms with Crippen LogP contribution in [-0.4, -0.2) is 36.4 Å². The molecule has 3 rings (SSSR count). The normalized spacial score (nSPS) is 15.2. The van der Waals surface area contributed by atoms with Gasteiger partial charge >= 0.3 is 5.97 Å². The third kappa shape index (κ3) is 3.87. The molecule has 25 heavy (non-hydrogen) atoms. The minimum atomic E-state index is -0.343. The van der Waals surface area contributed by atoms with E-state index in [4.69, 9.17) is 10.5 Å². The third-order valence-corrected chi connectivity index (χ3v) is 4.59. The van der Waals surface area contributed by atoms with Crippen LogP contribution in [0.5, 0.6) is 0 Å². The number of halogens is 1. The quantitative estimate of drug-likeness (QED) is 0.859. The lowest BCUT2D eigenvalue weighted by Crippen LogP contribution is -2.35. The van der Waals surface area contributed by atoms with E-state index in [1.165, 1.54) is 13.2 Å². The lowest BCUT2D eigenvalue weighted by molar-refractivity contribution is -0.141. The molecule has 0 aliphatic carbocycles. The maximum Gasteiger partial charge on any atom is 0.305 e. The summed E-state index contributed by atoms with van der Waals surface area (Å²) in [6.45, 7) is 1.52. The number of aromatic nitrogens is 2. The maximum absolute atomic E-state index is 14.0. The first-order valence-corrected chi connectivity index (χ1v) is 8.28. The molecule has 132 valence electrons. The van der Waals surface area contributed by atoms with Gasteiger partial charge in [0.1, 0.15) is 5.82 Å². The molecule has 6 nitrogen and oxygen atoms in total. The van der Waals surface area contributed by atoms with Crippen LogP contribution in [0.15, 0.2) is 30.3 Å². The number of methoxy groups -OCH3 is 1. The topological polar surface area (TPSA) is 81.3 Å². The van der Waals surface area contributed by atoms with Crippen LogP contribution in [0.1, 0.15) is 19.3 Å². The highest BCUT2D eigenvalue weighted by Crippen LogP contribution is 2.31. The van der Waals surface area contributed by atoms with Crippen molar-refractivity contribution in [2.75, 3.05) is 30.8 Å². The molecule has 0 atom stereocenters. The molecule has 0 unspecified atom stereocenters. The highest BCUT2D eigenvalue weighted by molar-refractivity contribution is 5.72. The molecule has 0 bridgehead atoms. The Morgan fingerprint density at radius 3 is 2.72 bits per heavy atom. The van der Waals surface area contributed by atoms with E-state index >= 15 is 0 Å². The van der Waals surface area contributed by atoms with Crippen molar-refractivity contribution in [3.8, 4) is 11.3 Å². The SMILES string of the molecule is COC(=O)CC1CCN(c2cc(-c3ccccc3F)nnc2N)CC1. The van der Waals surface area contributed by atoms with Crippen LogP contribution >= 0.6 is 0 Å². The summed E-state index contributed by atoms with van der Waals surface area (Å²) in [5.41, 5.74) is 7.60. The number of benzene rings is 1. The number of rotatable bonds is 4. The highest BCUT2D eigenvalue weighted by atomic mass is 19.1. The average molecular weight is 344 g/mol. The molecule has 2 heterocycles. The number of carbonyl (C=O) groups is 1. The summed E-state index contributed by atoms with van der Waals surface area (Å²) in [6, 6.07) is 8.24. The second kappa shape index (κ2) is 7.46. The van der Waals surface area contributed by atoms with Gasteiger partial charge in [-0.15, -0.1) is 10.2 Å². The average Bonchev–Trinajstić information content (AvgIpc) is 2.63. The van der Waals surface area contributed by atoms with Crippen molar-refractivity contribution >= 4 is 17.5 Å². The zero-order valence-corrected chi connectivity index (χ0v) is 14.1. The largest absolute Gasteiger partial charge is 0.469 e. The van der Waals surface area contributed by atoms with E-state index in [-0.39, 0.29) is 11.8 Å². The molecule has 0 radical (unpaired) electrons. The molecule has 2 N–H and O–H groups in total. The van der Waals surface area contributed by atoms with Crippen molar-refractivity contribution in [2.24, 2.45) is 5.92 Å². The van der Waals surface area contributed by atoms with E-state index in [9.17, 15) is 9.18 Å². The molecule has 7 heteroatoms. The number of nitrogens with two attached hydrogens (primary N) is 1. The van der Waals surface area contributed by atoms with Crippen LogP contribution in [-0.2, 0) is 9.53 Å². The predicted octanol–water partition coefficient (Wildman–Crippen LogP) is 2.64. The fraction of sp³-hybridized carbons (Fsp3) is 0.389. The second-order valence-corrected chi connectivity index (χ2v) is 6.19. The van der Waals surface area contributed by atoms with Crippen molar-refractivity contribution in [2.45, 2.75) is 19.3 Å². The Morgan fingerprint density at radius 1 is 1.32 bits per heavy atom. The summed E-state index contributed by atoms with van der Waals surface area (Å²) in [7, 11) is 1.41. The Hall–Kier alpha value is -2.70. The van der Waals surface area contributed by atoms with Gasteiger partial charge in [0.2, 0.25) is 0 Å². The van der Waals surface area contributed by atoms with Crippen molar-refractivity contribution in [1.29, 1.82) is 0 Å². The maximum atomic E-state index is 14.0. The molecule has 1 aromatic carbocycles. The molecule has 0 saturated carbocycles. The fourth-order valence-corrected chi connectivity index (χ4v) is 3.14. The van der Waals surface area contributed by atoms with Gasteiger partial charge in [0.15, 0.2) is 5.82 Å². The number of ether oxygens (including phenoxy) is 1. The zero-order chi connectivity index (χ0) is 17.8. The minimum Gasteiger partial charge on any atom is -0.469 e. The van der Waals surface area contributed by atoms with Crippen LogP contribution < -0.4 is 10.6 Å². The summed E-state index contributed by atoms with van der Waals surface area (Å²) in [5.74, 6) is 0.118. The molecular formula is C18H21FN4O2. The Balaban J connectivity index is 1.76. The van der Waals surface area contributed by atoms with Crippen LogP contribution in [0, 0.1) is 11.7 Å². The zero-order valence-electron chi connectivity index (χ0n) is 14.1. The summed E-state index contributed by atoms with van der Waals surface area (Å²) < 4.78 is 18.7. The molecule has 2 aromatic rings. The first-order valence-electron chi connectivity index (χ1n) is 8.28. The minimum absolute atomic E-state index is 0.176. The van der Waals surface area contributed by atoms with Gasteiger partial charge in [0, 0.05) is 25.1 Å². The van der Waals surface area contributed by atoms with Crippen molar-refractivity contribution in [3.05, 3.63) is 36.1 Å². The lowest BCUT2D eigenvalue weighted by atomic mass is 9.93. The van der Waals surface area contributed by atoms with Gasteiger partial charge in [-0.1, -0.05) is 12.1 Å². The third-order valence-electron chi connectivity index (χ3n) is 4.59. The van der Waals surface area contributed by atoms with E-state index in [2.05, 4.69) is 15.1 Å². The molecule has 0 spiro atoms. The van der Waals surface area contributed by atoms with Crippen LogP contribution in [0.25, 0.3) is 11.3 Å². The molecule has 1 saturated heterocycles. The summed E-state index contributed by atoms with van der Waals surface area (Å²) in [4.78, 5) is 13.5. The van der Waals surface area contributed by atoms with Crippen LogP contribution in [0.4, 0.5) is 15.9 Å². The number of hydrogen-bond donors (Lipinski definition) is 1. The molecule has 1 aliphatic heterocycles. The smallest absolute Gasteiger partial charge is 0.305 e. The molecule has 1 fully saturated rings. The fourth-order valence-electron chi connectivity index (χ4n) is 3.14. The van der Waals surface area contributed by atoms with Crippen LogP contribution in [0.2, 0.25) is 0 Å². The van der Waals surface area contributed by atoms with Gasteiger partial charge in [-0.2, -0.15) is 0 Å². The monoisotopic (exact) mass is 344 g/mol. The molecule has 1 aliphatic rings. The summed E-state index contributed by atoms with van der Waals surface area (Å²) >= 11 is 0. The molecule has 0 amide bonds. The first kappa shape index (κ1) is 17.1. The van der Waals surface area contributed by atoms with Crippen LogP contribution in [0.3, 0.4) is 0 Å². The first-order chi connectivity index (χ1) is 12.1. The van der Waals surface area contributed by atoms with Gasteiger partial charge in [0.25, 0.3) is 0 Å². The number of piperidine rings is 1. The lowest BCUT2D eigenvalue weighted by Gasteiger charge is -2.33. The van der Waals surface area contributed by atoms with Crippen molar-refractivity contribution < 1.29 is 13.9 Å². The number of nitrogens with zero attached hydrogens (tertiary/aromatic N) is 3. The van der Waals surface area contributed by atoms with E-state index in [0.29, 0.717) is 29.4 Å². The number of anilines is 2. The highest BCUT2D eigenvalue weighted by Gasteiger charge is 2.24.